The van der Waals surface area contributed by atoms with E-state index in [1.165, 1.54) is 11.1 Å². The second-order valence-corrected chi connectivity index (χ2v) is 7.67. The Bertz CT molecular complexity index is 717. The van der Waals surface area contributed by atoms with Crippen LogP contribution >= 0.6 is 0 Å². The maximum Gasteiger partial charge on any atom is 0.336 e. The summed E-state index contributed by atoms with van der Waals surface area (Å²) in [6.45, 7) is 13.3. The number of hydrogen-bond donors (Lipinski definition) is 1. The van der Waals surface area contributed by atoms with Crippen LogP contribution in [0, 0.1) is 0 Å². The van der Waals surface area contributed by atoms with Crippen molar-refractivity contribution in [3.8, 4) is 0 Å². The minimum Gasteiger partial charge on any atom is -0.478 e. The summed E-state index contributed by atoms with van der Waals surface area (Å²) < 4.78 is 0. The van der Waals surface area contributed by atoms with Crippen molar-refractivity contribution >= 4 is 16.7 Å². The molecule has 23 heavy (non-hydrogen) atoms. The summed E-state index contributed by atoms with van der Waals surface area (Å²) in [5.41, 5.74) is 2.91. The first-order valence-electron chi connectivity index (χ1n) is 8.45. The molecule has 0 aliphatic rings. The minimum absolute atomic E-state index is 0.00914. The van der Waals surface area contributed by atoms with E-state index in [-0.39, 0.29) is 10.8 Å². The molecule has 0 radical (unpaired) electrons. The monoisotopic (exact) mass is 312 g/mol. The predicted molar refractivity (Wildman–Crippen MR) is 97.5 cm³/mol. The number of fused-ring (bicyclic) bond motifs is 1. The summed E-state index contributed by atoms with van der Waals surface area (Å²) in [5.74, 6) is -0.859. The Morgan fingerprint density at radius 1 is 0.913 bits per heavy atom. The Labute approximate surface area is 139 Å². The molecule has 2 aromatic carbocycles. The van der Waals surface area contributed by atoms with E-state index in [1.807, 2.05) is 18.2 Å². The Morgan fingerprint density at radius 3 is 1.91 bits per heavy atom. The molecule has 0 spiro atoms. The SMILES string of the molecule is CCC(C)(C)c1cccc2c(C(=O)O)ccc(C(C)(C)CC)c12. The van der Waals surface area contributed by atoms with Crippen LogP contribution in [-0.2, 0) is 10.8 Å². The summed E-state index contributed by atoms with van der Waals surface area (Å²) in [4.78, 5) is 11.7. The summed E-state index contributed by atoms with van der Waals surface area (Å²) in [5, 5.41) is 11.6. The molecule has 0 saturated carbocycles. The smallest absolute Gasteiger partial charge is 0.336 e. The van der Waals surface area contributed by atoms with Gasteiger partial charge in [-0.05, 0) is 51.6 Å². The zero-order valence-corrected chi connectivity index (χ0v) is 15.2. The van der Waals surface area contributed by atoms with Gasteiger partial charge in [-0.3, -0.25) is 0 Å². The van der Waals surface area contributed by atoms with Gasteiger partial charge < -0.3 is 5.11 Å². The van der Waals surface area contributed by atoms with Crippen LogP contribution in [0.4, 0.5) is 0 Å². The summed E-state index contributed by atoms with van der Waals surface area (Å²) in [6.07, 6.45) is 2.02. The fourth-order valence-electron chi connectivity index (χ4n) is 3.10. The minimum atomic E-state index is -0.859. The Kier molecular flexibility index (Phi) is 4.57. The number of carboxylic acids is 1. The molecule has 1 N–H and O–H groups in total. The highest BCUT2D eigenvalue weighted by Crippen LogP contribution is 2.40. The normalized spacial score (nSPS) is 12.6. The van der Waals surface area contributed by atoms with Crippen LogP contribution in [0.1, 0.15) is 75.9 Å². The van der Waals surface area contributed by atoms with E-state index in [1.54, 1.807) is 6.07 Å². The lowest BCUT2D eigenvalue weighted by atomic mass is 9.73. The van der Waals surface area contributed by atoms with E-state index in [4.69, 9.17) is 0 Å². The molecular weight excluding hydrogens is 284 g/mol. The van der Waals surface area contributed by atoms with Crippen LogP contribution in [0.2, 0.25) is 0 Å². The van der Waals surface area contributed by atoms with E-state index in [0.29, 0.717) is 5.56 Å². The number of carbonyl (C=O) groups is 1. The molecule has 0 bridgehead atoms. The van der Waals surface area contributed by atoms with Crippen molar-refractivity contribution in [2.24, 2.45) is 0 Å². The number of benzene rings is 2. The van der Waals surface area contributed by atoms with E-state index >= 15 is 0 Å². The van der Waals surface area contributed by atoms with Crippen LogP contribution in [0.25, 0.3) is 10.8 Å². The highest BCUT2D eigenvalue weighted by Gasteiger charge is 2.28. The lowest BCUT2D eigenvalue weighted by molar-refractivity contribution is 0.0699. The molecule has 0 saturated heterocycles. The van der Waals surface area contributed by atoms with Crippen molar-refractivity contribution < 1.29 is 9.90 Å². The molecule has 124 valence electrons. The highest BCUT2D eigenvalue weighted by molar-refractivity contribution is 6.06. The van der Waals surface area contributed by atoms with Gasteiger partial charge in [-0.15, -0.1) is 0 Å². The largest absolute Gasteiger partial charge is 0.478 e. The first kappa shape index (κ1) is 17.5. The third-order valence-electron chi connectivity index (χ3n) is 5.50. The average molecular weight is 312 g/mol. The first-order chi connectivity index (χ1) is 10.7. The van der Waals surface area contributed by atoms with Gasteiger partial charge in [0.1, 0.15) is 0 Å². The average Bonchev–Trinajstić information content (AvgIpc) is 2.52. The van der Waals surface area contributed by atoms with E-state index in [2.05, 4.69) is 47.6 Å². The fraction of sp³-hybridized carbons (Fsp3) is 0.476. The van der Waals surface area contributed by atoms with Crippen molar-refractivity contribution in [1.29, 1.82) is 0 Å². The molecule has 2 aromatic rings. The van der Waals surface area contributed by atoms with Gasteiger partial charge in [-0.2, -0.15) is 0 Å². The highest BCUT2D eigenvalue weighted by atomic mass is 16.4. The van der Waals surface area contributed by atoms with E-state index < -0.39 is 5.97 Å². The lowest BCUT2D eigenvalue weighted by Crippen LogP contribution is -2.21. The number of aromatic carboxylic acids is 1. The molecule has 0 amide bonds. The maximum absolute atomic E-state index is 11.7. The number of hydrogen-bond acceptors (Lipinski definition) is 1. The molecule has 0 fully saturated rings. The standard InChI is InChI=1S/C21H28O2/c1-7-20(3,4)16-11-9-10-14-15(19(22)23)12-13-17(18(14)16)21(5,6)8-2/h9-13H,7-8H2,1-6H3,(H,22,23). The molecule has 2 nitrogen and oxygen atoms in total. The third-order valence-corrected chi connectivity index (χ3v) is 5.50. The molecular formula is C21H28O2. The Hall–Kier alpha value is -1.83. The molecule has 0 atom stereocenters. The number of rotatable bonds is 5. The predicted octanol–water partition coefficient (Wildman–Crippen LogP) is 5.91. The third kappa shape index (κ3) is 2.99. The molecule has 0 aliphatic heterocycles. The molecule has 0 aromatic heterocycles. The molecule has 2 rings (SSSR count). The van der Waals surface area contributed by atoms with Crippen molar-refractivity contribution in [2.45, 2.75) is 65.2 Å². The topological polar surface area (TPSA) is 37.3 Å². The fourth-order valence-corrected chi connectivity index (χ4v) is 3.10. The maximum atomic E-state index is 11.7. The summed E-state index contributed by atoms with van der Waals surface area (Å²) in [7, 11) is 0. The summed E-state index contributed by atoms with van der Waals surface area (Å²) in [6, 6.07) is 9.88. The van der Waals surface area contributed by atoms with Gasteiger partial charge in [-0.1, -0.05) is 65.8 Å². The van der Waals surface area contributed by atoms with Gasteiger partial charge in [0.05, 0.1) is 5.56 Å². The van der Waals surface area contributed by atoms with Crippen molar-refractivity contribution in [3.63, 3.8) is 0 Å². The number of carboxylic acid groups (broad SMARTS) is 1. The second-order valence-electron chi connectivity index (χ2n) is 7.67. The molecule has 0 aliphatic carbocycles. The van der Waals surface area contributed by atoms with Gasteiger partial charge in [0.25, 0.3) is 0 Å². The van der Waals surface area contributed by atoms with Gasteiger partial charge >= 0.3 is 5.97 Å². The molecule has 2 heteroatoms. The van der Waals surface area contributed by atoms with Crippen molar-refractivity contribution in [1.82, 2.24) is 0 Å². The van der Waals surface area contributed by atoms with Crippen LogP contribution in [0.3, 0.4) is 0 Å². The van der Waals surface area contributed by atoms with Gasteiger partial charge in [0.15, 0.2) is 0 Å². The van der Waals surface area contributed by atoms with Crippen LogP contribution < -0.4 is 0 Å². The summed E-state index contributed by atoms with van der Waals surface area (Å²) >= 11 is 0. The van der Waals surface area contributed by atoms with Crippen molar-refractivity contribution in [3.05, 3.63) is 47.0 Å². The zero-order valence-electron chi connectivity index (χ0n) is 15.2. The molecule has 0 unspecified atom stereocenters. The second kappa shape index (κ2) is 5.99. The molecule has 0 heterocycles. The zero-order chi connectivity index (χ0) is 17.4. The van der Waals surface area contributed by atoms with E-state index in [0.717, 1.165) is 23.6 Å². The lowest BCUT2D eigenvalue weighted by Gasteiger charge is -2.31. The van der Waals surface area contributed by atoms with E-state index in [9.17, 15) is 9.90 Å². The van der Waals surface area contributed by atoms with Crippen molar-refractivity contribution in [2.75, 3.05) is 0 Å². The van der Waals surface area contributed by atoms with Crippen LogP contribution in [0.5, 0.6) is 0 Å². The Balaban J connectivity index is 2.99. The first-order valence-corrected chi connectivity index (χ1v) is 8.45. The Morgan fingerprint density at radius 2 is 1.43 bits per heavy atom. The quantitative estimate of drug-likeness (QED) is 0.744. The van der Waals surface area contributed by atoms with Gasteiger partial charge in [0, 0.05) is 0 Å². The van der Waals surface area contributed by atoms with Crippen LogP contribution in [0.15, 0.2) is 30.3 Å². The van der Waals surface area contributed by atoms with Crippen LogP contribution in [-0.4, -0.2) is 11.1 Å². The van der Waals surface area contributed by atoms with Gasteiger partial charge in [0.2, 0.25) is 0 Å². The van der Waals surface area contributed by atoms with Gasteiger partial charge in [-0.25, -0.2) is 4.79 Å².